The molecule has 27 heavy (non-hydrogen) atoms. The van der Waals surface area contributed by atoms with Crippen molar-refractivity contribution in [2.75, 3.05) is 6.54 Å². The third-order valence-electron chi connectivity index (χ3n) is 6.50. The molecule has 0 aromatic heterocycles. The summed E-state index contributed by atoms with van der Waals surface area (Å²) in [6, 6.07) is 4.06. The van der Waals surface area contributed by atoms with E-state index in [0.717, 1.165) is 31.4 Å². The summed E-state index contributed by atoms with van der Waals surface area (Å²) in [6.45, 7) is -0.0381. The Bertz CT molecular complexity index is 667. The van der Waals surface area contributed by atoms with Gasteiger partial charge in [-0.1, -0.05) is 12.1 Å². The molecule has 4 saturated carbocycles. The predicted molar refractivity (Wildman–Crippen MR) is 93.8 cm³/mol. The van der Waals surface area contributed by atoms with E-state index in [1.54, 1.807) is 0 Å². The lowest BCUT2D eigenvalue weighted by atomic mass is 9.53. The monoisotopic (exact) mass is 382 g/mol. The molecule has 1 aromatic rings. The SMILES string of the molecule is O=C(NCC(O)c1ccc(C(F)(F)F)cc1)NC12CC3CC(CC(C3)C1)C2. The van der Waals surface area contributed by atoms with Crippen LogP contribution in [-0.2, 0) is 6.18 Å². The largest absolute Gasteiger partial charge is 0.416 e. The van der Waals surface area contributed by atoms with Crippen molar-refractivity contribution in [2.45, 2.75) is 56.3 Å². The maximum Gasteiger partial charge on any atom is 0.416 e. The van der Waals surface area contributed by atoms with Crippen LogP contribution in [0.3, 0.4) is 0 Å². The van der Waals surface area contributed by atoms with Gasteiger partial charge in [-0.3, -0.25) is 0 Å². The smallest absolute Gasteiger partial charge is 0.387 e. The van der Waals surface area contributed by atoms with Gasteiger partial charge >= 0.3 is 12.2 Å². The quantitative estimate of drug-likeness (QED) is 0.737. The van der Waals surface area contributed by atoms with Crippen LogP contribution in [0.15, 0.2) is 24.3 Å². The minimum Gasteiger partial charge on any atom is -0.387 e. The number of carbonyl (C=O) groups is 1. The lowest BCUT2D eigenvalue weighted by Crippen LogP contribution is -2.61. The fourth-order valence-electron chi connectivity index (χ4n) is 5.75. The van der Waals surface area contributed by atoms with Crippen LogP contribution in [0.4, 0.5) is 18.0 Å². The zero-order valence-electron chi connectivity index (χ0n) is 15.1. The van der Waals surface area contributed by atoms with Crippen LogP contribution < -0.4 is 10.6 Å². The summed E-state index contributed by atoms with van der Waals surface area (Å²) in [5.41, 5.74) is -0.526. The van der Waals surface area contributed by atoms with Gasteiger partial charge in [0.2, 0.25) is 0 Å². The zero-order chi connectivity index (χ0) is 19.2. The molecule has 1 aromatic carbocycles. The molecule has 0 heterocycles. The first-order valence-corrected chi connectivity index (χ1v) is 9.64. The van der Waals surface area contributed by atoms with Gasteiger partial charge in [0, 0.05) is 12.1 Å². The number of nitrogens with one attached hydrogen (secondary N) is 2. The first-order chi connectivity index (χ1) is 12.7. The number of carbonyl (C=O) groups excluding carboxylic acids is 1. The summed E-state index contributed by atoms with van der Waals surface area (Å²) in [6.07, 6.45) is 1.52. The van der Waals surface area contributed by atoms with Gasteiger partial charge in [0.1, 0.15) is 0 Å². The van der Waals surface area contributed by atoms with E-state index < -0.39 is 17.8 Å². The summed E-state index contributed by atoms with van der Waals surface area (Å²) >= 11 is 0. The second-order valence-electron chi connectivity index (χ2n) is 8.67. The Morgan fingerprint density at radius 3 is 2.07 bits per heavy atom. The molecule has 0 spiro atoms. The van der Waals surface area contributed by atoms with Gasteiger partial charge in [0.25, 0.3) is 0 Å². The average molecular weight is 382 g/mol. The van der Waals surface area contributed by atoms with Crippen LogP contribution in [0.25, 0.3) is 0 Å². The highest BCUT2D eigenvalue weighted by atomic mass is 19.4. The fourth-order valence-corrected chi connectivity index (χ4v) is 5.75. The molecule has 0 radical (unpaired) electrons. The molecule has 4 aliphatic rings. The van der Waals surface area contributed by atoms with Crippen molar-refractivity contribution in [3.05, 3.63) is 35.4 Å². The number of rotatable bonds is 4. The molecule has 2 amide bonds. The van der Waals surface area contributed by atoms with Gasteiger partial charge in [0.15, 0.2) is 0 Å². The Morgan fingerprint density at radius 1 is 1.07 bits per heavy atom. The third kappa shape index (κ3) is 3.93. The predicted octanol–water partition coefficient (Wildman–Crippen LogP) is 4.01. The number of amides is 2. The van der Waals surface area contributed by atoms with Crippen molar-refractivity contribution in [1.82, 2.24) is 10.6 Å². The van der Waals surface area contributed by atoms with Crippen molar-refractivity contribution in [3.8, 4) is 0 Å². The lowest BCUT2D eigenvalue weighted by molar-refractivity contribution is -0.137. The van der Waals surface area contributed by atoms with Gasteiger partial charge in [-0.25, -0.2) is 4.79 Å². The molecule has 1 unspecified atom stereocenters. The highest BCUT2D eigenvalue weighted by molar-refractivity contribution is 5.75. The first-order valence-electron chi connectivity index (χ1n) is 9.64. The Kier molecular flexibility index (Phi) is 4.61. The number of halogens is 3. The van der Waals surface area contributed by atoms with E-state index in [1.165, 1.54) is 31.4 Å². The van der Waals surface area contributed by atoms with Gasteiger partial charge < -0.3 is 15.7 Å². The van der Waals surface area contributed by atoms with Gasteiger partial charge in [-0.2, -0.15) is 13.2 Å². The van der Waals surface area contributed by atoms with Crippen LogP contribution in [0.5, 0.6) is 0 Å². The summed E-state index contributed by atoms with van der Waals surface area (Å²) in [5, 5.41) is 16.0. The minimum absolute atomic E-state index is 0.0381. The van der Waals surface area contributed by atoms with Crippen molar-refractivity contribution < 1.29 is 23.1 Å². The molecular formula is C20H25F3N2O2. The second-order valence-corrected chi connectivity index (χ2v) is 8.67. The molecule has 4 bridgehead atoms. The number of benzene rings is 1. The van der Waals surface area contributed by atoms with Crippen molar-refractivity contribution in [2.24, 2.45) is 17.8 Å². The number of hydrogen-bond donors (Lipinski definition) is 3. The maximum absolute atomic E-state index is 12.6. The molecule has 148 valence electrons. The number of alkyl halides is 3. The topological polar surface area (TPSA) is 61.4 Å². The van der Waals surface area contributed by atoms with E-state index in [4.69, 9.17) is 0 Å². The zero-order valence-corrected chi connectivity index (χ0v) is 15.1. The Morgan fingerprint density at radius 2 is 1.59 bits per heavy atom. The second kappa shape index (κ2) is 6.69. The first kappa shape index (κ1) is 18.6. The minimum atomic E-state index is -4.40. The highest BCUT2D eigenvalue weighted by Gasteiger charge is 2.51. The standard InChI is InChI=1S/C20H25F3N2O2/c21-20(22,23)16-3-1-15(2-4-16)17(26)11-24-18(27)25-19-8-12-5-13(9-19)7-14(6-12)10-19/h1-4,12-14,17,26H,5-11H2,(H2,24,25,27). The Labute approximate surface area is 156 Å². The number of aliphatic hydroxyl groups excluding tert-OH is 1. The molecule has 4 fully saturated rings. The van der Waals surface area contributed by atoms with E-state index in [-0.39, 0.29) is 18.1 Å². The van der Waals surface area contributed by atoms with Crippen molar-refractivity contribution >= 4 is 6.03 Å². The summed E-state index contributed by atoms with van der Waals surface area (Å²) in [5.74, 6) is 2.15. The maximum atomic E-state index is 12.6. The van der Waals surface area contributed by atoms with Crippen LogP contribution in [0.2, 0.25) is 0 Å². The molecule has 4 aliphatic carbocycles. The van der Waals surface area contributed by atoms with Crippen molar-refractivity contribution in [1.29, 1.82) is 0 Å². The van der Waals surface area contributed by atoms with Crippen molar-refractivity contribution in [3.63, 3.8) is 0 Å². The molecule has 7 heteroatoms. The van der Waals surface area contributed by atoms with Crippen LogP contribution in [0.1, 0.15) is 55.8 Å². The number of urea groups is 1. The molecule has 1 atom stereocenters. The third-order valence-corrected chi connectivity index (χ3v) is 6.50. The lowest BCUT2D eigenvalue weighted by Gasteiger charge is -2.56. The van der Waals surface area contributed by atoms with E-state index in [2.05, 4.69) is 10.6 Å². The molecule has 3 N–H and O–H groups in total. The van der Waals surface area contributed by atoms with Gasteiger partial charge in [-0.05, 0) is 74.0 Å². The average Bonchev–Trinajstić information content (AvgIpc) is 2.57. The Balaban J connectivity index is 1.30. The molecule has 0 aliphatic heterocycles. The van der Waals surface area contributed by atoms with E-state index >= 15 is 0 Å². The highest BCUT2D eigenvalue weighted by Crippen LogP contribution is 2.55. The van der Waals surface area contributed by atoms with Gasteiger partial charge in [0.05, 0.1) is 11.7 Å². The van der Waals surface area contributed by atoms with Crippen LogP contribution >= 0.6 is 0 Å². The normalized spacial score (nSPS) is 33.0. The van der Waals surface area contributed by atoms with E-state index in [1.807, 2.05) is 0 Å². The van der Waals surface area contributed by atoms with E-state index in [0.29, 0.717) is 23.3 Å². The van der Waals surface area contributed by atoms with Crippen LogP contribution in [0, 0.1) is 17.8 Å². The summed E-state index contributed by atoms with van der Waals surface area (Å²) in [4.78, 5) is 12.4. The number of aliphatic hydroxyl groups is 1. The Hall–Kier alpha value is -1.76. The molecular weight excluding hydrogens is 357 g/mol. The van der Waals surface area contributed by atoms with E-state index in [9.17, 15) is 23.1 Å². The summed E-state index contributed by atoms with van der Waals surface area (Å²) < 4.78 is 37.8. The van der Waals surface area contributed by atoms with Gasteiger partial charge in [-0.15, -0.1) is 0 Å². The molecule has 4 nitrogen and oxygen atoms in total. The number of hydrogen-bond acceptors (Lipinski definition) is 2. The summed E-state index contributed by atoms with van der Waals surface area (Å²) in [7, 11) is 0. The molecule has 5 rings (SSSR count). The molecule has 0 saturated heterocycles. The fraction of sp³-hybridized carbons (Fsp3) is 0.650. The van der Waals surface area contributed by atoms with Crippen LogP contribution in [-0.4, -0.2) is 23.2 Å².